The number of fused-ring (bicyclic) bond motifs is 1. The molecule has 0 aliphatic carbocycles. The molecule has 3 rings (SSSR count). The van der Waals surface area contributed by atoms with Crippen molar-refractivity contribution in [2.75, 3.05) is 13.2 Å². The third-order valence-electron chi connectivity index (χ3n) is 4.79. The number of hydrogen-bond donors (Lipinski definition) is 0. The van der Waals surface area contributed by atoms with Gasteiger partial charge in [0, 0.05) is 0 Å². The minimum atomic E-state index is -4.35. The molecule has 1 aromatic heterocycles. The summed E-state index contributed by atoms with van der Waals surface area (Å²) < 4.78 is 44.4. The van der Waals surface area contributed by atoms with Gasteiger partial charge in [-0.1, -0.05) is 0 Å². The average Bonchev–Trinajstić information content (AvgIpc) is 3.04. The van der Waals surface area contributed by atoms with Crippen LogP contribution in [0, 0.1) is 0 Å². The van der Waals surface area contributed by atoms with E-state index >= 15 is 0 Å². The van der Waals surface area contributed by atoms with Gasteiger partial charge in [-0.15, -0.1) is 0 Å². The number of rotatable bonds is 4. The topological polar surface area (TPSA) is 25.4 Å². The van der Waals surface area contributed by atoms with Crippen molar-refractivity contribution in [2.24, 2.45) is 0 Å². The Balaban J connectivity index is 1.59. The molecule has 0 unspecified atom stereocenters. The van der Waals surface area contributed by atoms with Crippen LogP contribution < -0.4 is 4.74 Å². The van der Waals surface area contributed by atoms with E-state index in [9.17, 15) is 13.2 Å². The van der Waals surface area contributed by atoms with E-state index in [0.29, 0.717) is 18.2 Å². The van der Waals surface area contributed by atoms with Crippen LogP contribution in [-0.4, -0.2) is 59.7 Å². The molecule has 121 valence electrons. The van der Waals surface area contributed by atoms with Crippen molar-refractivity contribution in [3.05, 3.63) is 23.9 Å². The molecule has 2 saturated heterocycles. The van der Waals surface area contributed by atoms with Gasteiger partial charge < -0.3 is 0 Å². The number of halogens is 3. The Morgan fingerprint density at radius 3 is 2.82 bits per heavy atom. The molecule has 0 spiro atoms. The molecule has 3 nitrogen and oxygen atoms in total. The van der Waals surface area contributed by atoms with Crippen molar-refractivity contribution >= 4 is 25.1 Å². The first-order chi connectivity index (χ1) is 10.4. The van der Waals surface area contributed by atoms with Crippen molar-refractivity contribution in [1.29, 1.82) is 0 Å². The Labute approximate surface area is 143 Å². The summed E-state index contributed by atoms with van der Waals surface area (Å²) in [6.07, 6.45) is 1.31. The molecule has 2 aliphatic heterocycles. The van der Waals surface area contributed by atoms with E-state index < -0.39 is 11.7 Å². The summed E-state index contributed by atoms with van der Waals surface area (Å²) in [6, 6.07) is 2.69. The second-order valence-corrected chi connectivity index (χ2v) is 7.17. The second kappa shape index (κ2) is 6.24. The first-order valence-electron chi connectivity index (χ1n) is 7.45. The molecule has 7 heteroatoms. The predicted octanol–water partition coefficient (Wildman–Crippen LogP) is 3.06. The van der Waals surface area contributed by atoms with Gasteiger partial charge in [0.15, 0.2) is 0 Å². The maximum atomic E-state index is 12.5. The van der Waals surface area contributed by atoms with Crippen LogP contribution in [0.15, 0.2) is 18.3 Å². The summed E-state index contributed by atoms with van der Waals surface area (Å²) in [5.41, 5.74) is -0.370. The van der Waals surface area contributed by atoms with E-state index in [4.69, 9.17) is 4.74 Å². The van der Waals surface area contributed by atoms with E-state index in [2.05, 4.69) is 9.88 Å². The first kappa shape index (κ1) is 16.5. The van der Waals surface area contributed by atoms with Gasteiger partial charge in [-0.05, 0) is 0 Å². The van der Waals surface area contributed by atoms with E-state index in [0.717, 1.165) is 25.2 Å². The van der Waals surface area contributed by atoms with Gasteiger partial charge in [0.1, 0.15) is 0 Å². The van der Waals surface area contributed by atoms with Crippen LogP contribution >= 0.6 is 0 Å². The van der Waals surface area contributed by atoms with Crippen molar-refractivity contribution in [1.82, 2.24) is 9.88 Å². The van der Waals surface area contributed by atoms with Gasteiger partial charge in [0.2, 0.25) is 0 Å². The van der Waals surface area contributed by atoms with Crippen LogP contribution in [0.2, 0.25) is 4.08 Å². The average molecular weight is 508 g/mol. The number of hydrogen-bond acceptors (Lipinski definition) is 3. The first-order valence-corrected chi connectivity index (χ1v) is 9.70. The molecule has 0 bridgehead atoms. The molecule has 0 aromatic carbocycles. The quantitative estimate of drug-likeness (QED) is 0.626. The van der Waals surface area contributed by atoms with E-state index in [1.165, 1.54) is 29.4 Å². The molecule has 22 heavy (non-hydrogen) atoms. The van der Waals surface area contributed by atoms with Crippen LogP contribution in [-0.2, 0) is 6.18 Å². The second-order valence-electron chi connectivity index (χ2n) is 6.05. The van der Waals surface area contributed by atoms with Crippen molar-refractivity contribution in [3.63, 3.8) is 0 Å². The standard InChI is InChI=1S/C15H18F3N2O.Po/c1-14-6-2-8-20(14)12(5-7-14)10-21-13-4-3-11(9-19-13)15(16,17)18;/h3-4,9,12H,1-2,5-8,10H2;/t12-,14-;/m0./s1. The molecule has 1 radical (unpaired) electrons. The summed E-state index contributed by atoms with van der Waals surface area (Å²) >= 11 is 1.62. The molecule has 2 atom stereocenters. The maximum absolute atomic E-state index is 12.5. The van der Waals surface area contributed by atoms with Gasteiger partial charge in [0.05, 0.1) is 0 Å². The van der Waals surface area contributed by atoms with Crippen molar-refractivity contribution < 1.29 is 17.9 Å². The van der Waals surface area contributed by atoms with Gasteiger partial charge in [-0.3, -0.25) is 0 Å². The van der Waals surface area contributed by atoms with Crippen LogP contribution in [0.25, 0.3) is 0 Å². The molecule has 2 fully saturated rings. The Morgan fingerprint density at radius 1 is 1.36 bits per heavy atom. The van der Waals surface area contributed by atoms with Crippen LogP contribution in [0.1, 0.15) is 31.2 Å². The third kappa shape index (κ3) is 3.12. The van der Waals surface area contributed by atoms with E-state index in [1.54, 1.807) is 25.1 Å². The van der Waals surface area contributed by atoms with Gasteiger partial charge in [0.25, 0.3) is 0 Å². The Bertz CT molecular complexity index is 523. The molecule has 0 N–H and O–H groups in total. The Hall–Kier alpha value is -0.404. The zero-order valence-electron chi connectivity index (χ0n) is 12.1. The number of ether oxygens (including phenoxy) is 1. The molecule has 0 amide bonds. The predicted molar refractivity (Wildman–Crippen MR) is 77.0 cm³/mol. The van der Waals surface area contributed by atoms with E-state index in [-0.39, 0.29) is 5.88 Å². The van der Waals surface area contributed by atoms with E-state index in [1.807, 2.05) is 0 Å². The van der Waals surface area contributed by atoms with Gasteiger partial charge in [-0.25, -0.2) is 0 Å². The van der Waals surface area contributed by atoms with Gasteiger partial charge >= 0.3 is 143 Å². The fourth-order valence-corrected chi connectivity index (χ4v) is 5.37. The molecular weight excluding hydrogens is 490 g/mol. The van der Waals surface area contributed by atoms with Gasteiger partial charge in [-0.2, -0.15) is 0 Å². The zero-order valence-corrected chi connectivity index (χ0v) is 15.3. The SMILES string of the molecule is FC(F)(F)c1ccc(OC[C@@H]2CC[C@]3([CH2][Po])CCCN23)nc1. The molecule has 2 aliphatic rings. The number of alkyl halides is 3. The fraction of sp³-hybridized carbons (Fsp3) is 0.667. The summed E-state index contributed by atoms with van der Waals surface area (Å²) in [7, 11) is 0. The normalized spacial score (nSPS) is 28.8. The summed E-state index contributed by atoms with van der Waals surface area (Å²) in [5.74, 6) is 0.270. The van der Waals surface area contributed by atoms with Crippen molar-refractivity contribution in [2.45, 2.75) is 47.5 Å². The summed E-state index contributed by atoms with van der Waals surface area (Å²) in [5, 5.41) is 0. The fourth-order valence-electron chi connectivity index (χ4n) is 3.60. The summed E-state index contributed by atoms with van der Waals surface area (Å²) in [6.45, 7) is 1.62. The molecule has 3 heterocycles. The summed E-state index contributed by atoms with van der Waals surface area (Å²) in [4.78, 5) is 6.33. The van der Waals surface area contributed by atoms with Crippen molar-refractivity contribution in [3.8, 4) is 5.88 Å². The molecule has 1 aromatic rings. The number of nitrogens with zero attached hydrogens (tertiary/aromatic N) is 2. The molecule has 0 saturated carbocycles. The Kier molecular flexibility index (Phi) is 4.67. The number of pyridine rings is 1. The van der Waals surface area contributed by atoms with Crippen LogP contribution in [0.5, 0.6) is 5.88 Å². The molecular formula is C15H18F3N2OPo. The van der Waals surface area contributed by atoms with Crippen LogP contribution in [0.4, 0.5) is 13.2 Å². The monoisotopic (exact) mass is 508 g/mol. The zero-order chi connectivity index (χ0) is 15.8. The van der Waals surface area contributed by atoms with Crippen LogP contribution in [0.3, 0.4) is 0 Å². The Morgan fingerprint density at radius 2 is 2.18 bits per heavy atom. The minimum absolute atomic E-state index is 0.270. The number of aromatic nitrogens is 1. The third-order valence-corrected chi connectivity index (χ3v) is 6.88.